The van der Waals surface area contributed by atoms with Crippen molar-refractivity contribution >= 4 is 5.91 Å². The first-order valence-corrected chi connectivity index (χ1v) is 5.89. The van der Waals surface area contributed by atoms with Crippen LogP contribution in [-0.4, -0.2) is 29.6 Å². The molecule has 2 nitrogen and oxygen atoms in total. The molecule has 15 heavy (non-hydrogen) atoms. The van der Waals surface area contributed by atoms with Gasteiger partial charge in [-0.2, -0.15) is 0 Å². The van der Waals surface area contributed by atoms with E-state index in [-0.39, 0.29) is 12.3 Å². The van der Waals surface area contributed by atoms with Crippen LogP contribution in [0, 0.1) is 17.3 Å². The topological polar surface area (TPSA) is 20.3 Å². The van der Waals surface area contributed by atoms with Gasteiger partial charge in [0.1, 0.15) is 5.67 Å². The van der Waals surface area contributed by atoms with Crippen LogP contribution in [-0.2, 0) is 4.79 Å². The number of halogens is 1. The highest BCUT2D eigenvalue weighted by molar-refractivity contribution is 5.78. The third kappa shape index (κ3) is 1.39. The van der Waals surface area contributed by atoms with Crippen molar-refractivity contribution < 1.29 is 9.18 Å². The van der Waals surface area contributed by atoms with E-state index >= 15 is 0 Å². The van der Waals surface area contributed by atoms with E-state index in [2.05, 4.69) is 13.8 Å². The molecule has 1 aliphatic heterocycles. The number of hydrogen-bond acceptors (Lipinski definition) is 1. The maximum Gasteiger partial charge on any atom is 0.225 e. The maximum absolute atomic E-state index is 13.4. The molecule has 0 radical (unpaired) electrons. The van der Waals surface area contributed by atoms with Crippen LogP contribution in [0.2, 0.25) is 0 Å². The van der Waals surface area contributed by atoms with E-state index in [9.17, 15) is 9.18 Å². The first kappa shape index (κ1) is 9.61. The van der Waals surface area contributed by atoms with Gasteiger partial charge in [-0.25, -0.2) is 4.39 Å². The Morgan fingerprint density at radius 2 is 1.87 bits per heavy atom. The standard InChI is InChI=1S/C12H18FNO/c1-11(2)8-6-14(7-9(8)11)10(15)5-12(13)3-4-12/h8-9H,3-7H2,1-2H3. The number of carbonyl (C=O) groups is 1. The third-order valence-corrected chi connectivity index (χ3v) is 4.74. The zero-order chi connectivity index (χ0) is 10.8. The predicted octanol–water partition coefficient (Wildman–Crippen LogP) is 1.99. The van der Waals surface area contributed by atoms with Crippen LogP contribution in [0.15, 0.2) is 0 Å². The molecular weight excluding hydrogens is 193 g/mol. The third-order valence-electron chi connectivity index (χ3n) is 4.74. The summed E-state index contributed by atoms with van der Waals surface area (Å²) >= 11 is 0. The Balaban J connectivity index is 1.56. The fourth-order valence-corrected chi connectivity index (χ4v) is 3.03. The number of amides is 1. The fraction of sp³-hybridized carbons (Fsp3) is 0.917. The molecule has 3 rings (SSSR count). The lowest BCUT2D eigenvalue weighted by atomic mass is 10.1. The Labute approximate surface area is 89.8 Å². The molecule has 2 saturated carbocycles. The lowest BCUT2D eigenvalue weighted by Gasteiger charge is -2.22. The number of carbonyl (C=O) groups excluding carboxylic acids is 1. The van der Waals surface area contributed by atoms with Gasteiger partial charge >= 0.3 is 0 Å². The van der Waals surface area contributed by atoms with Gasteiger partial charge in [0.15, 0.2) is 0 Å². The monoisotopic (exact) mass is 211 g/mol. The average molecular weight is 211 g/mol. The molecule has 0 aromatic heterocycles. The van der Waals surface area contributed by atoms with Crippen LogP contribution in [0.1, 0.15) is 33.1 Å². The highest BCUT2D eigenvalue weighted by Gasteiger charge is 2.63. The SMILES string of the molecule is CC1(C)C2CN(C(=O)CC3(F)CC3)CC21. The minimum atomic E-state index is -1.13. The lowest BCUT2D eigenvalue weighted by Crippen LogP contribution is -2.34. The summed E-state index contributed by atoms with van der Waals surface area (Å²) in [4.78, 5) is 13.6. The van der Waals surface area contributed by atoms with Gasteiger partial charge in [-0.05, 0) is 30.1 Å². The second-order valence-electron chi connectivity index (χ2n) is 6.16. The molecule has 2 atom stereocenters. The van der Waals surface area contributed by atoms with Crippen molar-refractivity contribution in [2.45, 2.75) is 38.8 Å². The molecule has 3 fully saturated rings. The quantitative estimate of drug-likeness (QED) is 0.684. The summed E-state index contributed by atoms with van der Waals surface area (Å²) < 4.78 is 13.4. The van der Waals surface area contributed by atoms with E-state index in [1.807, 2.05) is 4.90 Å². The van der Waals surface area contributed by atoms with Crippen molar-refractivity contribution in [2.24, 2.45) is 17.3 Å². The van der Waals surface area contributed by atoms with Gasteiger partial charge in [0, 0.05) is 13.1 Å². The molecule has 0 bridgehead atoms. The summed E-state index contributed by atoms with van der Waals surface area (Å²) in [6, 6.07) is 0. The summed E-state index contributed by atoms with van der Waals surface area (Å²) in [6.07, 6.45) is 1.31. The van der Waals surface area contributed by atoms with E-state index in [0.717, 1.165) is 13.1 Å². The van der Waals surface area contributed by atoms with Crippen molar-refractivity contribution in [3.8, 4) is 0 Å². The van der Waals surface area contributed by atoms with E-state index in [4.69, 9.17) is 0 Å². The second kappa shape index (κ2) is 2.55. The highest BCUT2D eigenvalue weighted by atomic mass is 19.1. The van der Waals surface area contributed by atoms with Gasteiger partial charge in [0.25, 0.3) is 0 Å². The largest absolute Gasteiger partial charge is 0.342 e. The molecule has 3 heteroatoms. The van der Waals surface area contributed by atoms with Crippen LogP contribution < -0.4 is 0 Å². The summed E-state index contributed by atoms with van der Waals surface area (Å²) in [5.74, 6) is 1.39. The predicted molar refractivity (Wildman–Crippen MR) is 55.0 cm³/mol. The number of hydrogen-bond donors (Lipinski definition) is 0. The van der Waals surface area contributed by atoms with Crippen molar-refractivity contribution in [3.63, 3.8) is 0 Å². The van der Waals surface area contributed by atoms with Gasteiger partial charge in [0.05, 0.1) is 6.42 Å². The van der Waals surface area contributed by atoms with Crippen molar-refractivity contribution in [3.05, 3.63) is 0 Å². The number of nitrogens with zero attached hydrogens (tertiary/aromatic N) is 1. The molecule has 0 aromatic rings. The first-order valence-electron chi connectivity index (χ1n) is 5.89. The molecule has 2 aliphatic carbocycles. The zero-order valence-corrected chi connectivity index (χ0v) is 9.42. The van der Waals surface area contributed by atoms with Crippen molar-refractivity contribution in [1.29, 1.82) is 0 Å². The first-order chi connectivity index (χ1) is 6.92. The van der Waals surface area contributed by atoms with Crippen LogP contribution in [0.5, 0.6) is 0 Å². The van der Waals surface area contributed by atoms with E-state index < -0.39 is 5.67 Å². The Hall–Kier alpha value is -0.600. The molecule has 3 aliphatic rings. The van der Waals surface area contributed by atoms with Gasteiger partial charge in [-0.1, -0.05) is 13.8 Å². The second-order valence-corrected chi connectivity index (χ2v) is 6.16. The van der Waals surface area contributed by atoms with Crippen LogP contribution >= 0.6 is 0 Å². The number of fused-ring (bicyclic) bond motifs is 1. The smallest absolute Gasteiger partial charge is 0.225 e. The maximum atomic E-state index is 13.4. The fourth-order valence-electron chi connectivity index (χ4n) is 3.03. The minimum Gasteiger partial charge on any atom is -0.342 e. The number of likely N-dealkylation sites (tertiary alicyclic amines) is 1. The molecule has 1 heterocycles. The number of rotatable bonds is 2. The van der Waals surface area contributed by atoms with Crippen molar-refractivity contribution in [1.82, 2.24) is 4.90 Å². The lowest BCUT2D eigenvalue weighted by molar-refractivity contribution is -0.132. The molecule has 1 amide bonds. The normalized spacial score (nSPS) is 38.7. The van der Waals surface area contributed by atoms with Crippen LogP contribution in [0.4, 0.5) is 4.39 Å². The Morgan fingerprint density at radius 3 is 2.33 bits per heavy atom. The van der Waals surface area contributed by atoms with Crippen LogP contribution in [0.3, 0.4) is 0 Å². The molecule has 0 spiro atoms. The number of alkyl halides is 1. The Kier molecular flexibility index (Phi) is 1.64. The van der Waals surface area contributed by atoms with Gasteiger partial charge in [-0.3, -0.25) is 4.79 Å². The van der Waals surface area contributed by atoms with Crippen LogP contribution in [0.25, 0.3) is 0 Å². The van der Waals surface area contributed by atoms with E-state index in [1.165, 1.54) is 0 Å². The average Bonchev–Trinajstić information content (AvgIpc) is 2.89. The molecule has 1 saturated heterocycles. The van der Waals surface area contributed by atoms with Gasteiger partial charge < -0.3 is 4.90 Å². The number of piperidine rings is 1. The molecular formula is C12H18FNO. The van der Waals surface area contributed by atoms with Crippen molar-refractivity contribution in [2.75, 3.05) is 13.1 Å². The Bertz CT molecular complexity index is 308. The zero-order valence-electron chi connectivity index (χ0n) is 9.42. The summed E-state index contributed by atoms with van der Waals surface area (Å²) in [7, 11) is 0. The minimum absolute atomic E-state index is 0.0398. The summed E-state index contributed by atoms with van der Waals surface area (Å²) in [5, 5.41) is 0. The summed E-state index contributed by atoms with van der Waals surface area (Å²) in [5.41, 5.74) is -0.691. The van der Waals surface area contributed by atoms with Gasteiger partial charge in [-0.15, -0.1) is 0 Å². The molecule has 0 aromatic carbocycles. The van der Waals surface area contributed by atoms with E-state index in [0.29, 0.717) is 30.1 Å². The van der Waals surface area contributed by atoms with Gasteiger partial charge in [0.2, 0.25) is 5.91 Å². The molecule has 2 unspecified atom stereocenters. The molecule has 0 N–H and O–H groups in total. The van der Waals surface area contributed by atoms with E-state index in [1.54, 1.807) is 0 Å². The summed E-state index contributed by atoms with van der Waals surface area (Å²) in [6.45, 7) is 6.27. The molecule has 84 valence electrons. The highest BCUT2D eigenvalue weighted by Crippen LogP contribution is 2.62. The Morgan fingerprint density at radius 1 is 1.33 bits per heavy atom.